The lowest BCUT2D eigenvalue weighted by molar-refractivity contribution is 0.305. The number of anilines is 1. The first-order valence-corrected chi connectivity index (χ1v) is 11.6. The second-order valence-corrected chi connectivity index (χ2v) is 8.90. The number of methoxy groups -OCH3 is 1. The fraction of sp³-hybridized carbons (Fsp3) is 0.200. The smallest absolute Gasteiger partial charge is 0.124 e. The number of ether oxygens (including phenoxy) is 2. The molecule has 1 heterocycles. The van der Waals surface area contributed by atoms with Crippen LogP contribution >= 0.6 is 0 Å². The van der Waals surface area contributed by atoms with Crippen LogP contribution in [-0.2, 0) is 6.61 Å². The number of fused-ring (bicyclic) bond motifs is 4. The van der Waals surface area contributed by atoms with E-state index in [0.29, 0.717) is 18.4 Å². The molecule has 0 spiro atoms. The first-order chi connectivity index (χ1) is 16.3. The zero-order valence-electron chi connectivity index (χ0n) is 18.7. The monoisotopic (exact) mass is 433 g/mol. The van der Waals surface area contributed by atoms with Crippen molar-refractivity contribution in [3.05, 3.63) is 114 Å². The zero-order valence-corrected chi connectivity index (χ0v) is 18.7. The van der Waals surface area contributed by atoms with Crippen molar-refractivity contribution in [3.8, 4) is 11.5 Å². The van der Waals surface area contributed by atoms with Gasteiger partial charge in [-0.3, -0.25) is 0 Å². The summed E-state index contributed by atoms with van der Waals surface area (Å²) >= 11 is 0. The molecule has 33 heavy (non-hydrogen) atoms. The summed E-state index contributed by atoms with van der Waals surface area (Å²) in [5.74, 6) is 2.65. The highest BCUT2D eigenvalue weighted by atomic mass is 16.5. The van der Waals surface area contributed by atoms with Crippen molar-refractivity contribution < 1.29 is 9.47 Å². The molecule has 1 aliphatic carbocycles. The number of hydrogen-bond donors (Lipinski definition) is 1. The van der Waals surface area contributed by atoms with Crippen molar-refractivity contribution in [2.45, 2.75) is 25.0 Å². The summed E-state index contributed by atoms with van der Waals surface area (Å²) in [5, 5.41) is 6.38. The topological polar surface area (TPSA) is 30.5 Å². The summed E-state index contributed by atoms with van der Waals surface area (Å²) in [6, 6.07) is 29.8. The molecule has 3 unspecified atom stereocenters. The molecule has 0 radical (unpaired) electrons. The lowest BCUT2D eigenvalue weighted by atomic mass is 9.76. The molecule has 3 heteroatoms. The third kappa shape index (κ3) is 3.54. The maximum absolute atomic E-state index is 6.14. The van der Waals surface area contributed by atoms with Gasteiger partial charge >= 0.3 is 0 Å². The Kier molecular flexibility index (Phi) is 5.03. The van der Waals surface area contributed by atoms with Crippen LogP contribution in [0.5, 0.6) is 11.5 Å². The first kappa shape index (κ1) is 19.9. The minimum atomic E-state index is 0.176. The van der Waals surface area contributed by atoms with Gasteiger partial charge in [-0.2, -0.15) is 0 Å². The second-order valence-electron chi connectivity index (χ2n) is 8.90. The van der Waals surface area contributed by atoms with Crippen molar-refractivity contribution in [2.75, 3.05) is 12.4 Å². The van der Waals surface area contributed by atoms with E-state index >= 15 is 0 Å². The van der Waals surface area contributed by atoms with Gasteiger partial charge in [-0.15, -0.1) is 0 Å². The minimum Gasteiger partial charge on any atom is -0.496 e. The molecule has 2 aliphatic rings. The van der Waals surface area contributed by atoms with E-state index < -0.39 is 0 Å². The third-order valence-electron chi connectivity index (χ3n) is 7.04. The molecule has 3 nitrogen and oxygen atoms in total. The molecule has 1 aliphatic heterocycles. The summed E-state index contributed by atoms with van der Waals surface area (Å²) in [6.45, 7) is 0.576. The van der Waals surface area contributed by atoms with E-state index in [2.05, 4.69) is 84.2 Å². The van der Waals surface area contributed by atoms with Gasteiger partial charge in [0.15, 0.2) is 0 Å². The van der Waals surface area contributed by atoms with Gasteiger partial charge in [-0.05, 0) is 58.5 Å². The Morgan fingerprint density at radius 1 is 0.909 bits per heavy atom. The fourth-order valence-electron chi connectivity index (χ4n) is 5.46. The van der Waals surface area contributed by atoms with Crippen molar-refractivity contribution in [1.29, 1.82) is 0 Å². The lowest BCUT2D eigenvalue weighted by Gasteiger charge is -2.38. The SMILES string of the molecule is COc1ccc2ccccc2c1C1Nc2ccc(OCc3ccccc3)cc2C2C=CCC21. The van der Waals surface area contributed by atoms with Gasteiger partial charge in [0.1, 0.15) is 18.1 Å². The van der Waals surface area contributed by atoms with Gasteiger partial charge in [0.25, 0.3) is 0 Å². The van der Waals surface area contributed by atoms with E-state index in [1.54, 1.807) is 7.11 Å². The molecule has 0 saturated heterocycles. The van der Waals surface area contributed by atoms with Crippen molar-refractivity contribution in [3.63, 3.8) is 0 Å². The van der Waals surface area contributed by atoms with E-state index in [1.807, 2.05) is 18.2 Å². The number of nitrogens with one attached hydrogen (secondary N) is 1. The van der Waals surface area contributed by atoms with Crippen LogP contribution < -0.4 is 14.8 Å². The normalized spacial score (nSPS) is 20.7. The molecular weight excluding hydrogens is 406 g/mol. The molecule has 3 atom stereocenters. The average molecular weight is 434 g/mol. The number of allylic oxidation sites excluding steroid dienone is 2. The number of rotatable bonds is 5. The highest BCUT2D eigenvalue weighted by molar-refractivity contribution is 5.89. The predicted octanol–water partition coefficient (Wildman–Crippen LogP) is 7.25. The largest absolute Gasteiger partial charge is 0.496 e. The lowest BCUT2D eigenvalue weighted by Crippen LogP contribution is -2.29. The minimum absolute atomic E-state index is 0.176. The Hall–Kier alpha value is -3.72. The fourth-order valence-corrected chi connectivity index (χ4v) is 5.46. The Labute approximate surface area is 194 Å². The van der Waals surface area contributed by atoms with Crippen molar-refractivity contribution in [2.24, 2.45) is 5.92 Å². The van der Waals surface area contributed by atoms with Crippen LogP contribution in [0.15, 0.2) is 97.1 Å². The van der Waals surface area contributed by atoms with Crippen molar-refractivity contribution in [1.82, 2.24) is 0 Å². The molecule has 0 fully saturated rings. The second kappa shape index (κ2) is 8.32. The van der Waals surface area contributed by atoms with Crippen LogP contribution in [-0.4, -0.2) is 7.11 Å². The van der Waals surface area contributed by atoms with Crippen LogP contribution in [0.1, 0.15) is 35.1 Å². The van der Waals surface area contributed by atoms with Crippen LogP contribution in [0.2, 0.25) is 0 Å². The molecule has 0 aromatic heterocycles. The Morgan fingerprint density at radius 3 is 2.64 bits per heavy atom. The van der Waals surface area contributed by atoms with Gasteiger partial charge in [0.05, 0.1) is 13.2 Å². The van der Waals surface area contributed by atoms with E-state index in [0.717, 1.165) is 17.9 Å². The maximum Gasteiger partial charge on any atom is 0.124 e. The van der Waals surface area contributed by atoms with E-state index in [4.69, 9.17) is 9.47 Å². The standard InChI is InChI=1S/C30H27NO2/c1-32-28-17-14-21-10-5-6-11-23(21)29(28)30-25-13-7-12-24(25)26-18-22(15-16-27(26)31-30)33-19-20-8-3-2-4-9-20/h2-12,14-18,24-25,30-31H,13,19H2,1H3. The predicted molar refractivity (Wildman–Crippen MR) is 134 cm³/mol. The maximum atomic E-state index is 6.14. The van der Waals surface area contributed by atoms with E-state index in [9.17, 15) is 0 Å². The zero-order chi connectivity index (χ0) is 22.2. The Bertz CT molecular complexity index is 1330. The van der Waals surface area contributed by atoms with Gasteiger partial charge in [0.2, 0.25) is 0 Å². The molecule has 6 rings (SSSR count). The molecule has 0 amide bonds. The summed E-state index contributed by atoms with van der Waals surface area (Å²) in [6.07, 6.45) is 5.74. The van der Waals surface area contributed by atoms with Crippen LogP contribution in [0.25, 0.3) is 10.8 Å². The van der Waals surface area contributed by atoms with Crippen LogP contribution in [0.3, 0.4) is 0 Å². The molecule has 0 bridgehead atoms. The number of benzene rings is 4. The summed E-state index contributed by atoms with van der Waals surface area (Å²) in [5.41, 5.74) is 4.92. The highest BCUT2D eigenvalue weighted by Gasteiger charge is 2.39. The van der Waals surface area contributed by atoms with Crippen LogP contribution in [0.4, 0.5) is 5.69 Å². The Balaban J connectivity index is 1.37. The summed E-state index contributed by atoms with van der Waals surface area (Å²) < 4.78 is 12.0. The van der Waals surface area contributed by atoms with Crippen molar-refractivity contribution >= 4 is 16.5 Å². The molecule has 4 aromatic rings. The molecule has 1 N–H and O–H groups in total. The van der Waals surface area contributed by atoms with E-state index in [-0.39, 0.29) is 6.04 Å². The third-order valence-corrected chi connectivity index (χ3v) is 7.04. The van der Waals surface area contributed by atoms with Gasteiger partial charge in [-0.25, -0.2) is 0 Å². The molecule has 0 saturated carbocycles. The number of hydrogen-bond acceptors (Lipinski definition) is 3. The Morgan fingerprint density at radius 2 is 1.76 bits per heavy atom. The van der Waals surface area contributed by atoms with Gasteiger partial charge < -0.3 is 14.8 Å². The highest BCUT2D eigenvalue weighted by Crippen LogP contribution is 2.53. The van der Waals surface area contributed by atoms with Gasteiger partial charge in [-0.1, -0.05) is 72.8 Å². The summed E-state index contributed by atoms with van der Waals surface area (Å²) in [4.78, 5) is 0. The average Bonchev–Trinajstić information content (AvgIpc) is 3.37. The molecule has 164 valence electrons. The van der Waals surface area contributed by atoms with E-state index in [1.165, 1.54) is 33.2 Å². The first-order valence-electron chi connectivity index (χ1n) is 11.6. The quantitative estimate of drug-likeness (QED) is 0.336. The summed E-state index contributed by atoms with van der Waals surface area (Å²) in [7, 11) is 1.77. The molecule has 4 aromatic carbocycles. The van der Waals surface area contributed by atoms with Gasteiger partial charge in [0, 0.05) is 17.2 Å². The molecular formula is C30H27NO2. The van der Waals surface area contributed by atoms with Crippen LogP contribution in [0, 0.1) is 5.92 Å².